The van der Waals surface area contributed by atoms with Crippen LogP contribution in [-0.2, 0) is 13.6 Å². The van der Waals surface area contributed by atoms with Crippen molar-refractivity contribution in [1.82, 2.24) is 19.7 Å². The topological polar surface area (TPSA) is 55.6 Å². The highest BCUT2D eigenvalue weighted by Gasteiger charge is 2.24. The van der Waals surface area contributed by atoms with E-state index < -0.39 is 0 Å². The van der Waals surface area contributed by atoms with E-state index in [9.17, 15) is 0 Å². The van der Waals surface area contributed by atoms with Crippen LogP contribution >= 0.6 is 11.3 Å². The Morgan fingerprint density at radius 2 is 2.29 bits per heavy atom. The Morgan fingerprint density at radius 1 is 1.38 bits per heavy atom. The summed E-state index contributed by atoms with van der Waals surface area (Å²) in [5, 5.41) is 9.94. The molecule has 0 amide bonds. The van der Waals surface area contributed by atoms with Gasteiger partial charge in [-0.3, -0.25) is 4.68 Å². The minimum atomic E-state index is 0.697. The molecule has 1 aliphatic carbocycles. The van der Waals surface area contributed by atoms with Crippen molar-refractivity contribution in [3.63, 3.8) is 0 Å². The highest BCUT2D eigenvalue weighted by molar-refractivity contribution is 7.17. The van der Waals surface area contributed by atoms with Crippen LogP contribution in [0.25, 0.3) is 10.2 Å². The SMILES string of the molecule is Cn1ncc(C2CCC2)c1CNc1ncnc2ccsc12. The quantitative estimate of drug-likeness (QED) is 0.803. The second-order valence-corrected chi connectivity index (χ2v) is 6.42. The lowest BCUT2D eigenvalue weighted by Crippen LogP contribution is -2.14. The van der Waals surface area contributed by atoms with E-state index in [-0.39, 0.29) is 0 Å². The van der Waals surface area contributed by atoms with E-state index in [4.69, 9.17) is 0 Å². The third-order valence-electron chi connectivity index (χ3n) is 4.31. The van der Waals surface area contributed by atoms with Crippen LogP contribution < -0.4 is 5.32 Å². The van der Waals surface area contributed by atoms with Crippen molar-refractivity contribution >= 4 is 27.4 Å². The van der Waals surface area contributed by atoms with Gasteiger partial charge in [0.05, 0.1) is 28.7 Å². The molecule has 0 aromatic carbocycles. The summed E-state index contributed by atoms with van der Waals surface area (Å²) in [5.41, 5.74) is 3.66. The van der Waals surface area contributed by atoms with E-state index in [2.05, 4.69) is 20.4 Å². The molecule has 3 heterocycles. The standard InChI is InChI=1S/C15H17N5S/c1-20-13(11(7-19-20)10-3-2-4-10)8-16-15-14-12(5-6-21-14)17-9-18-15/h5-7,9-10H,2-4,8H2,1H3,(H,16,17,18). The molecule has 1 aliphatic rings. The summed E-state index contributed by atoms with van der Waals surface area (Å²) >= 11 is 1.67. The maximum atomic E-state index is 4.43. The molecule has 108 valence electrons. The van der Waals surface area contributed by atoms with Crippen LogP contribution in [-0.4, -0.2) is 19.7 Å². The van der Waals surface area contributed by atoms with Gasteiger partial charge in [-0.25, -0.2) is 9.97 Å². The predicted octanol–water partition coefficient (Wildman–Crippen LogP) is 3.30. The third kappa shape index (κ3) is 2.19. The third-order valence-corrected chi connectivity index (χ3v) is 5.22. The molecule has 1 N–H and O–H groups in total. The molecule has 5 nitrogen and oxygen atoms in total. The summed E-state index contributed by atoms with van der Waals surface area (Å²) in [6.45, 7) is 0.756. The van der Waals surface area contributed by atoms with E-state index in [1.807, 2.05) is 29.4 Å². The van der Waals surface area contributed by atoms with Crippen molar-refractivity contribution < 1.29 is 0 Å². The maximum Gasteiger partial charge on any atom is 0.147 e. The lowest BCUT2D eigenvalue weighted by Gasteiger charge is -2.25. The number of aromatic nitrogens is 4. The van der Waals surface area contributed by atoms with E-state index in [1.54, 1.807) is 17.7 Å². The first-order valence-corrected chi connectivity index (χ1v) is 8.14. The van der Waals surface area contributed by atoms with Gasteiger partial charge in [-0.15, -0.1) is 11.3 Å². The van der Waals surface area contributed by atoms with Gasteiger partial charge in [-0.2, -0.15) is 5.10 Å². The zero-order valence-electron chi connectivity index (χ0n) is 11.9. The Labute approximate surface area is 127 Å². The van der Waals surface area contributed by atoms with E-state index >= 15 is 0 Å². The summed E-state index contributed by atoms with van der Waals surface area (Å²) in [4.78, 5) is 8.65. The highest BCUT2D eigenvalue weighted by Crippen LogP contribution is 2.38. The molecule has 0 spiro atoms. The average Bonchev–Trinajstić information content (AvgIpc) is 3.03. The van der Waals surface area contributed by atoms with Crippen LogP contribution in [0, 0.1) is 0 Å². The molecular formula is C15H17N5S. The number of fused-ring (bicyclic) bond motifs is 1. The van der Waals surface area contributed by atoms with Gasteiger partial charge in [0.15, 0.2) is 0 Å². The lowest BCUT2D eigenvalue weighted by molar-refractivity contribution is 0.417. The number of hydrogen-bond donors (Lipinski definition) is 1. The van der Waals surface area contributed by atoms with Crippen molar-refractivity contribution in [1.29, 1.82) is 0 Å². The first-order valence-electron chi connectivity index (χ1n) is 7.26. The zero-order valence-corrected chi connectivity index (χ0v) is 12.7. The molecule has 0 aliphatic heterocycles. The Bertz CT molecular complexity index is 771. The van der Waals surface area contributed by atoms with E-state index in [0.717, 1.165) is 22.6 Å². The minimum absolute atomic E-state index is 0.697. The molecule has 4 rings (SSSR count). The molecule has 0 atom stereocenters. The van der Waals surface area contributed by atoms with Gasteiger partial charge in [0, 0.05) is 7.05 Å². The van der Waals surface area contributed by atoms with Crippen LogP contribution in [0.1, 0.15) is 36.4 Å². The average molecular weight is 299 g/mol. The van der Waals surface area contributed by atoms with Gasteiger partial charge in [0.25, 0.3) is 0 Å². The summed E-state index contributed by atoms with van der Waals surface area (Å²) in [6, 6.07) is 2.02. The number of anilines is 1. The molecule has 1 fully saturated rings. The summed E-state index contributed by atoms with van der Waals surface area (Å²) in [7, 11) is 2.01. The van der Waals surface area contributed by atoms with Gasteiger partial charge < -0.3 is 5.32 Å². The van der Waals surface area contributed by atoms with Crippen LogP contribution in [0.15, 0.2) is 24.0 Å². The molecule has 3 aromatic heterocycles. The largest absolute Gasteiger partial charge is 0.363 e. The van der Waals surface area contributed by atoms with Crippen LogP contribution in [0.3, 0.4) is 0 Å². The fraction of sp³-hybridized carbons (Fsp3) is 0.400. The second-order valence-electron chi connectivity index (χ2n) is 5.51. The lowest BCUT2D eigenvalue weighted by atomic mass is 9.80. The fourth-order valence-electron chi connectivity index (χ4n) is 2.84. The first-order chi connectivity index (χ1) is 10.3. The van der Waals surface area contributed by atoms with Crippen molar-refractivity contribution in [3.8, 4) is 0 Å². The Balaban J connectivity index is 1.59. The number of nitrogens with one attached hydrogen (secondary N) is 1. The molecular weight excluding hydrogens is 282 g/mol. The number of hydrogen-bond acceptors (Lipinski definition) is 5. The van der Waals surface area contributed by atoms with Crippen LogP contribution in [0.5, 0.6) is 0 Å². The Kier molecular flexibility index (Phi) is 3.11. The molecule has 0 saturated heterocycles. The normalized spacial score (nSPS) is 15.3. The highest BCUT2D eigenvalue weighted by atomic mass is 32.1. The first kappa shape index (κ1) is 12.8. The van der Waals surface area contributed by atoms with Crippen molar-refractivity contribution in [2.24, 2.45) is 7.05 Å². The van der Waals surface area contributed by atoms with Crippen molar-refractivity contribution in [3.05, 3.63) is 35.2 Å². The number of rotatable bonds is 4. The van der Waals surface area contributed by atoms with Gasteiger partial charge in [0.2, 0.25) is 0 Å². The number of nitrogens with zero attached hydrogens (tertiary/aromatic N) is 4. The van der Waals surface area contributed by atoms with Crippen LogP contribution in [0.2, 0.25) is 0 Å². The molecule has 0 unspecified atom stereocenters. The molecule has 1 saturated carbocycles. The van der Waals surface area contributed by atoms with E-state index in [1.165, 1.54) is 30.5 Å². The van der Waals surface area contributed by atoms with Gasteiger partial charge in [0.1, 0.15) is 12.1 Å². The second kappa shape index (κ2) is 5.11. The molecule has 6 heteroatoms. The molecule has 0 bridgehead atoms. The number of aryl methyl sites for hydroxylation is 1. The Hall–Kier alpha value is -1.95. The fourth-order valence-corrected chi connectivity index (χ4v) is 3.65. The molecule has 0 radical (unpaired) electrons. The Morgan fingerprint density at radius 3 is 3.10 bits per heavy atom. The van der Waals surface area contributed by atoms with Gasteiger partial charge in [-0.1, -0.05) is 6.42 Å². The summed E-state index contributed by atoms with van der Waals surface area (Å²) < 4.78 is 3.10. The van der Waals surface area contributed by atoms with Crippen molar-refractivity contribution in [2.45, 2.75) is 31.7 Å². The number of thiophene rings is 1. The monoisotopic (exact) mass is 299 g/mol. The van der Waals surface area contributed by atoms with Crippen molar-refractivity contribution in [2.75, 3.05) is 5.32 Å². The smallest absolute Gasteiger partial charge is 0.147 e. The summed E-state index contributed by atoms with van der Waals surface area (Å²) in [6.07, 6.45) is 7.58. The minimum Gasteiger partial charge on any atom is -0.363 e. The van der Waals surface area contributed by atoms with Gasteiger partial charge in [-0.05, 0) is 35.8 Å². The predicted molar refractivity (Wildman–Crippen MR) is 84.5 cm³/mol. The van der Waals surface area contributed by atoms with E-state index in [0.29, 0.717) is 5.92 Å². The molecule has 3 aromatic rings. The van der Waals surface area contributed by atoms with Gasteiger partial charge >= 0.3 is 0 Å². The summed E-state index contributed by atoms with van der Waals surface area (Å²) in [5.74, 6) is 1.61. The van der Waals surface area contributed by atoms with Crippen LogP contribution in [0.4, 0.5) is 5.82 Å². The molecule has 21 heavy (non-hydrogen) atoms. The maximum absolute atomic E-state index is 4.43. The zero-order chi connectivity index (χ0) is 14.2.